The molecule has 2 rings (SSSR count). The van der Waals surface area contributed by atoms with E-state index in [1.165, 1.54) is 11.3 Å². The minimum atomic E-state index is 0.237. The molecule has 0 spiro atoms. The second kappa shape index (κ2) is 5.97. The van der Waals surface area contributed by atoms with E-state index in [-0.39, 0.29) is 6.04 Å². The van der Waals surface area contributed by atoms with Gasteiger partial charge in [0.1, 0.15) is 0 Å². The van der Waals surface area contributed by atoms with Gasteiger partial charge in [-0.1, -0.05) is 19.9 Å². The van der Waals surface area contributed by atoms with Crippen molar-refractivity contribution >= 4 is 0 Å². The number of hydrogen-bond donors (Lipinski definition) is 1. The summed E-state index contributed by atoms with van der Waals surface area (Å²) < 4.78 is 1.89. The number of aryl methyl sites for hydroxylation is 1. The van der Waals surface area contributed by atoms with Crippen LogP contribution in [0.4, 0.5) is 0 Å². The van der Waals surface area contributed by atoms with Gasteiger partial charge in [0.15, 0.2) is 0 Å². The number of nitrogens with zero attached hydrogens (tertiary/aromatic N) is 3. The first-order valence-electron chi connectivity index (χ1n) is 6.74. The minimum absolute atomic E-state index is 0.237. The third kappa shape index (κ3) is 3.41. The number of hydrogen-bond acceptors (Lipinski definition) is 3. The summed E-state index contributed by atoms with van der Waals surface area (Å²) in [5, 5.41) is 8.03. The van der Waals surface area contributed by atoms with Gasteiger partial charge in [-0.3, -0.25) is 9.67 Å². The maximum atomic E-state index is 4.52. The maximum absolute atomic E-state index is 4.52. The van der Waals surface area contributed by atoms with Gasteiger partial charge in [-0.2, -0.15) is 5.10 Å². The Labute approximate surface area is 114 Å². The zero-order valence-corrected chi connectivity index (χ0v) is 12.1. The second-order valence-corrected chi connectivity index (χ2v) is 5.23. The Hall–Kier alpha value is -1.68. The molecule has 0 aliphatic rings. The van der Waals surface area contributed by atoms with E-state index in [0.29, 0.717) is 5.92 Å². The highest BCUT2D eigenvalue weighted by Crippen LogP contribution is 2.18. The summed E-state index contributed by atoms with van der Waals surface area (Å²) in [6, 6.07) is 6.24. The minimum Gasteiger partial charge on any atom is -0.305 e. The Morgan fingerprint density at radius 3 is 2.68 bits per heavy atom. The highest BCUT2D eigenvalue weighted by atomic mass is 15.3. The van der Waals surface area contributed by atoms with Crippen LogP contribution in [-0.2, 0) is 13.6 Å². The van der Waals surface area contributed by atoms with Crippen molar-refractivity contribution in [1.82, 2.24) is 20.1 Å². The first kappa shape index (κ1) is 13.7. The fourth-order valence-electron chi connectivity index (χ4n) is 2.18. The van der Waals surface area contributed by atoms with Crippen molar-refractivity contribution in [2.24, 2.45) is 7.05 Å². The van der Waals surface area contributed by atoms with Gasteiger partial charge in [-0.05, 0) is 25.0 Å². The summed E-state index contributed by atoms with van der Waals surface area (Å²) in [5.41, 5.74) is 3.50. The zero-order chi connectivity index (χ0) is 13.8. The largest absolute Gasteiger partial charge is 0.305 e. The van der Waals surface area contributed by atoms with Crippen LogP contribution in [0.5, 0.6) is 0 Å². The molecular weight excluding hydrogens is 236 g/mol. The fraction of sp³-hybridized carbons (Fsp3) is 0.467. The maximum Gasteiger partial charge on any atom is 0.0694 e. The molecule has 1 atom stereocenters. The summed E-state index contributed by atoms with van der Waals surface area (Å²) in [7, 11) is 1.97. The van der Waals surface area contributed by atoms with Crippen LogP contribution >= 0.6 is 0 Å². The number of rotatable bonds is 5. The normalized spacial score (nSPS) is 12.9. The number of pyridine rings is 1. The molecule has 4 nitrogen and oxygen atoms in total. The van der Waals surface area contributed by atoms with Crippen LogP contribution in [0, 0.1) is 0 Å². The Kier molecular flexibility index (Phi) is 4.32. The van der Waals surface area contributed by atoms with E-state index in [1.807, 2.05) is 36.1 Å². The summed E-state index contributed by atoms with van der Waals surface area (Å²) in [6.07, 6.45) is 3.92. The van der Waals surface area contributed by atoms with Gasteiger partial charge < -0.3 is 5.32 Å². The van der Waals surface area contributed by atoms with E-state index < -0.39 is 0 Å². The molecule has 2 aromatic rings. The lowest BCUT2D eigenvalue weighted by molar-refractivity contribution is 0.558. The van der Waals surface area contributed by atoms with Crippen molar-refractivity contribution in [2.75, 3.05) is 0 Å². The van der Waals surface area contributed by atoms with Crippen LogP contribution in [0.15, 0.2) is 30.6 Å². The quantitative estimate of drug-likeness (QED) is 0.896. The van der Waals surface area contributed by atoms with Crippen molar-refractivity contribution in [2.45, 2.75) is 39.3 Å². The molecule has 0 saturated heterocycles. The molecule has 19 heavy (non-hydrogen) atoms. The highest BCUT2D eigenvalue weighted by Gasteiger charge is 2.12. The average molecular weight is 258 g/mol. The van der Waals surface area contributed by atoms with Crippen molar-refractivity contribution in [3.63, 3.8) is 0 Å². The van der Waals surface area contributed by atoms with Crippen LogP contribution < -0.4 is 5.32 Å². The van der Waals surface area contributed by atoms with Gasteiger partial charge in [-0.15, -0.1) is 0 Å². The number of nitrogens with one attached hydrogen (secondary N) is 1. The lowest BCUT2D eigenvalue weighted by Crippen LogP contribution is -2.19. The molecule has 4 heteroatoms. The molecule has 0 fully saturated rings. The van der Waals surface area contributed by atoms with Crippen LogP contribution in [0.25, 0.3) is 0 Å². The molecule has 2 heterocycles. The summed E-state index contributed by atoms with van der Waals surface area (Å²) in [5.74, 6) is 0.447. The van der Waals surface area contributed by atoms with Gasteiger partial charge in [0.2, 0.25) is 0 Å². The summed E-state index contributed by atoms with van der Waals surface area (Å²) in [6.45, 7) is 7.30. The molecule has 0 radical (unpaired) electrons. The van der Waals surface area contributed by atoms with E-state index in [0.717, 1.165) is 12.2 Å². The van der Waals surface area contributed by atoms with Crippen molar-refractivity contribution < 1.29 is 0 Å². The molecular formula is C15H22N4. The first-order chi connectivity index (χ1) is 9.08. The standard InChI is InChI=1S/C15H22N4/c1-11(2)15-13(10-19(4)18-15)9-17-12(3)14-7-5-6-8-16-14/h5-8,10-12,17H,9H2,1-4H3/t12-/m1/s1. The van der Waals surface area contributed by atoms with Crippen LogP contribution in [0.3, 0.4) is 0 Å². The van der Waals surface area contributed by atoms with E-state index in [1.54, 1.807) is 0 Å². The van der Waals surface area contributed by atoms with Crippen LogP contribution in [0.2, 0.25) is 0 Å². The zero-order valence-electron chi connectivity index (χ0n) is 12.1. The molecule has 102 valence electrons. The Balaban J connectivity index is 2.03. The molecule has 0 aliphatic heterocycles. The topological polar surface area (TPSA) is 42.7 Å². The smallest absolute Gasteiger partial charge is 0.0694 e. The van der Waals surface area contributed by atoms with Gasteiger partial charge >= 0.3 is 0 Å². The van der Waals surface area contributed by atoms with Gasteiger partial charge in [0, 0.05) is 37.6 Å². The van der Waals surface area contributed by atoms with Crippen molar-refractivity contribution in [1.29, 1.82) is 0 Å². The predicted octanol–water partition coefficient (Wildman–Crippen LogP) is 2.79. The number of aromatic nitrogens is 3. The van der Waals surface area contributed by atoms with E-state index >= 15 is 0 Å². The molecule has 0 unspecified atom stereocenters. The third-order valence-corrected chi connectivity index (χ3v) is 3.21. The highest BCUT2D eigenvalue weighted by molar-refractivity contribution is 5.20. The predicted molar refractivity (Wildman–Crippen MR) is 76.8 cm³/mol. The van der Waals surface area contributed by atoms with Crippen LogP contribution in [-0.4, -0.2) is 14.8 Å². The van der Waals surface area contributed by atoms with E-state index in [9.17, 15) is 0 Å². The van der Waals surface area contributed by atoms with E-state index in [4.69, 9.17) is 0 Å². The molecule has 0 amide bonds. The monoisotopic (exact) mass is 258 g/mol. The van der Waals surface area contributed by atoms with Gasteiger partial charge in [0.05, 0.1) is 11.4 Å². The summed E-state index contributed by atoms with van der Waals surface area (Å²) in [4.78, 5) is 4.37. The van der Waals surface area contributed by atoms with E-state index in [2.05, 4.69) is 42.4 Å². The molecule has 0 aromatic carbocycles. The fourth-order valence-corrected chi connectivity index (χ4v) is 2.18. The third-order valence-electron chi connectivity index (χ3n) is 3.21. The Bertz CT molecular complexity index is 516. The lowest BCUT2D eigenvalue weighted by atomic mass is 10.1. The second-order valence-electron chi connectivity index (χ2n) is 5.23. The first-order valence-corrected chi connectivity index (χ1v) is 6.74. The van der Waals surface area contributed by atoms with Gasteiger partial charge in [-0.25, -0.2) is 0 Å². The molecule has 0 saturated carbocycles. The SMILES string of the molecule is CC(C)c1nn(C)cc1CN[C@H](C)c1ccccn1. The Morgan fingerprint density at radius 1 is 1.26 bits per heavy atom. The van der Waals surface area contributed by atoms with Crippen molar-refractivity contribution in [3.05, 3.63) is 47.5 Å². The lowest BCUT2D eigenvalue weighted by Gasteiger charge is -2.13. The molecule has 2 aromatic heterocycles. The van der Waals surface area contributed by atoms with Gasteiger partial charge in [0.25, 0.3) is 0 Å². The average Bonchev–Trinajstić information content (AvgIpc) is 2.78. The molecule has 1 N–H and O–H groups in total. The molecule has 0 aliphatic carbocycles. The summed E-state index contributed by atoms with van der Waals surface area (Å²) >= 11 is 0. The Morgan fingerprint density at radius 2 is 2.05 bits per heavy atom. The molecule has 0 bridgehead atoms. The van der Waals surface area contributed by atoms with Crippen molar-refractivity contribution in [3.8, 4) is 0 Å². The van der Waals surface area contributed by atoms with Crippen LogP contribution in [0.1, 0.15) is 49.7 Å².